The second-order valence-electron chi connectivity index (χ2n) is 9.98. The van der Waals surface area contributed by atoms with Gasteiger partial charge in [-0.1, -0.05) is 37.3 Å². The molecular weight excluding hydrogens is 424 g/mol. The quantitative estimate of drug-likeness (QED) is 0.713. The fraction of sp³-hybridized carbons (Fsp3) is 0.583. The Morgan fingerprint density at radius 2 is 1.82 bits per heavy atom. The highest BCUT2D eigenvalue weighted by atomic mass is 16.6. The van der Waals surface area contributed by atoms with Crippen molar-refractivity contribution >= 4 is 17.7 Å². The number of aromatic amines is 1. The van der Waals surface area contributed by atoms with Crippen LogP contribution in [0, 0.1) is 11.8 Å². The first-order valence-corrected chi connectivity index (χ1v) is 11.7. The monoisotopic (exact) mass is 456 g/mol. The van der Waals surface area contributed by atoms with Gasteiger partial charge in [-0.25, -0.2) is 9.59 Å². The van der Waals surface area contributed by atoms with Gasteiger partial charge in [-0.05, 0) is 63.3 Å². The lowest BCUT2D eigenvalue weighted by Crippen LogP contribution is -2.49. The first kappa shape index (κ1) is 23.1. The summed E-state index contributed by atoms with van der Waals surface area (Å²) in [5.41, 5.74) is 0.641. The van der Waals surface area contributed by atoms with Crippen molar-refractivity contribution in [1.29, 1.82) is 0 Å². The molecule has 9 heteroatoms. The lowest BCUT2D eigenvalue weighted by Gasteiger charge is -2.34. The summed E-state index contributed by atoms with van der Waals surface area (Å²) in [6, 6.07) is 6.39. The van der Waals surface area contributed by atoms with Gasteiger partial charge in [-0.3, -0.25) is 19.2 Å². The molecule has 1 saturated carbocycles. The molecule has 2 aromatic rings. The molecule has 1 aliphatic carbocycles. The molecule has 2 atom stereocenters. The molecule has 2 N–H and O–H groups in total. The summed E-state index contributed by atoms with van der Waals surface area (Å²) in [5.74, 6) is 0.0591. The van der Waals surface area contributed by atoms with Crippen molar-refractivity contribution in [1.82, 2.24) is 15.0 Å². The molecular formula is C24H32N4O5. The van der Waals surface area contributed by atoms with E-state index in [2.05, 4.69) is 20.0 Å². The highest BCUT2D eigenvalue weighted by Crippen LogP contribution is 2.39. The molecule has 1 aliphatic heterocycles. The molecule has 2 fully saturated rings. The molecule has 178 valence electrons. The van der Waals surface area contributed by atoms with Gasteiger partial charge in [-0.2, -0.15) is 0 Å². The van der Waals surface area contributed by atoms with Gasteiger partial charge in [0.1, 0.15) is 11.6 Å². The molecule has 0 spiro atoms. The van der Waals surface area contributed by atoms with Crippen LogP contribution in [0.1, 0.15) is 59.3 Å². The summed E-state index contributed by atoms with van der Waals surface area (Å²) in [7, 11) is 0. The first-order valence-electron chi connectivity index (χ1n) is 11.7. The lowest BCUT2D eigenvalue weighted by molar-refractivity contribution is -0.122. The number of nitrogens with zero attached hydrogens (tertiary/aromatic N) is 2. The van der Waals surface area contributed by atoms with Crippen LogP contribution in [0.15, 0.2) is 33.6 Å². The average molecular weight is 457 g/mol. The molecule has 4 rings (SSSR count). The summed E-state index contributed by atoms with van der Waals surface area (Å²) in [4.78, 5) is 41.7. The number of amides is 2. The molecule has 0 radical (unpaired) electrons. The van der Waals surface area contributed by atoms with Gasteiger partial charge in [0.2, 0.25) is 5.91 Å². The summed E-state index contributed by atoms with van der Waals surface area (Å²) < 4.78 is 10.2. The van der Waals surface area contributed by atoms with E-state index in [1.165, 1.54) is 19.3 Å². The van der Waals surface area contributed by atoms with Crippen LogP contribution in [0.3, 0.4) is 0 Å². The van der Waals surface area contributed by atoms with Crippen molar-refractivity contribution in [3.8, 4) is 11.4 Å². The molecule has 2 heterocycles. The van der Waals surface area contributed by atoms with Crippen LogP contribution in [-0.4, -0.2) is 45.2 Å². The van der Waals surface area contributed by atoms with Crippen LogP contribution in [0.4, 0.5) is 10.5 Å². The van der Waals surface area contributed by atoms with Gasteiger partial charge in [0.05, 0.1) is 0 Å². The normalized spacial score (nSPS) is 21.7. The second-order valence-corrected chi connectivity index (χ2v) is 9.98. The van der Waals surface area contributed by atoms with E-state index in [4.69, 9.17) is 4.74 Å². The predicted octanol–water partition coefficient (Wildman–Crippen LogP) is 4.17. The fourth-order valence-electron chi connectivity index (χ4n) is 5.02. The number of anilines is 1. The molecule has 33 heavy (non-hydrogen) atoms. The molecule has 9 nitrogen and oxygen atoms in total. The fourth-order valence-corrected chi connectivity index (χ4v) is 5.02. The number of hydrogen-bond donors (Lipinski definition) is 2. The third kappa shape index (κ3) is 5.46. The van der Waals surface area contributed by atoms with Crippen molar-refractivity contribution < 1.29 is 18.8 Å². The van der Waals surface area contributed by atoms with E-state index in [1.807, 2.05) is 20.8 Å². The Labute approximate surface area is 192 Å². The van der Waals surface area contributed by atoms with Gasteiger partial charge in [0.15, 0.2) is 5.82 Å². The maximum atomic E-state index is 13.5. The molecule has 1 aromatic carbocycles. The van der Waals surface area contributed by atoms with Gasteiger partial charge in [0, 0.05) is 17.8 Å². The Kier molecular flexibility index (Phi) is 6.58. The zero-order valence-electron chi connectivity index (χ0n) is 19.4. The zero-order valence-corrected chi connectivity index (χ0v) is 19.4. The maximum Gasteiger partial charge on any atom is 0.439 e. The minimum atomic E-state index is -0.626. The highest BCUT2D eigenvalue weighted by Gasteiger charge is 2.46. The van der Waals surface area contributed by atoms with Gasteiger partial charge in [-0.15, -0.1) is 0 Å². The number of benzene rings is 1. The Bertz CT molecular complexity index is 1030. The van der Waals surface area contributed by atoms with E-state index in [1.54, 1.807) is 29.2 Å². The number of rotatable bonds is 4. The van der Waals surface area contributed by atoms with Crippen molar-refractivity contribution in [2.24, 2.45) is 11.8 Å². The molecule has 1 saturated heterocycles. The smallest absolute Gasteiger partial charge is 0.439 e. The van der Waals surface area contributed by atoms with Crippen molar-refractivity contribution in [3.63, 3.8) is 0 Å². The summed E-state index contributed by atoms with van der Waals surface area (Å²) in [6.45, 7) is 6.02. The minimum absolute atomic E-state index is 0.122. The summed E-state index contributed by atoms with van der Waals surface area (Å²) in [6.07, 6.45) is 6.15. The molecule has 2 aliphatic rings. The molecule has 0 unspecified atom stereocenters. The number of carbonyl (C=O) groups excluding carboxylic acids is 2. The SMILES string of the molecule is CC(C)(C)OC(=O)N1CC[C@@H](C2CCCCC2)[C@H]1C(=O)Nc1ccc(-c2noc(=O)[nH]2)cc1. The van der Waals surface area contributed by atoms with Gasteiger partial charge < -0.3 is 10.1 Å². The van der Waals surface area contributed by atoms with E-state index in [9.17, 15) is 14.4 Å². The van der Waals surface area contributed by atoms with Crippen LogP contribution in [-0.2, 0) is 9.53 Å². The first-order chi connectivity index (χ1) is 15.7. The number of carbonyl (C=O) groups is 2. The van der Waals surface area contributed by atoms with Crippen LogP contribution >= 0.6 is 0 Å². The van der Waals surface area contributed by atoms with Crippen LogP contribution < -0.4 is 11.1 Å². The lowest BCUT2D eigenvalue weighted by atomic mass is 9.76. The molecule has 0 bridgehead atoms. The van der Waals surface area contributed by atoms with E-state index >= 15 is 0 Å². The third-order valence-electron chi connectivity index (χ3n) is 6.46. The predicted molar refractivity (Wildman–Crippen MR) is 123 cm³/mol. The van der Waals surface area contributed by atoms with Crippen LogP contribution in [0.2, 0.25) is 0 Å². The van der Waals surface area contributed by atoms with E-state index in [0.717, 1.165) is 19.3 Å². The third-order valence-corrected chi connectivity index (χ3v) is 6.46. The second kappa shape index (κ2) is 9.41. The van der Waals surface area contributed by atoms with Gasteiger partial charge >= 0.3 is 11.8 Å². The Balaban J connectivity index is 1.52. The average Bonchev–Trinajstić information content (AvgIpc) is 3.40. The molecule has 1 aromatic heterocycles. The van der Waals surface area contributed by atoms with E-state index in [0.29, 0.717) is 29.5 Å². The van der Waals surface area contributed by atoms with Gasteiger partial charge in [0.25, 0.3) is 0 Å². The summed E-state index contributed by atoms with van der Waals surface area (Å²) in [5, 5.41) is 6.65. The van der Waals surface area contributed by atoms with E-state index in [-0.39, 0.29) is 11.8 Å². The number of ether oxygens (including phenoxy) is 1. The maximum absolute atomic E-state index is 13.5. The Morgan fingerprint density at radius 1 is 1.12 bits per heavy atom. The standard InChI is InChI=1S/C24H32N4O5/c1-24(2,3)32-23(31)28-14-13-18(15-7-5-4-6-8-15)19(28)21(29)25-17-11-9-16(10-12-17)20-26-22(30)33-27-20/h9-12,15,18-19H,4-8,13-14H2,1-3H3,(H,25,29)(H,26,27,30)/t18-,19-/m0/s1. The van der Waals surface area contributed by atoms with Crippen molar-refractivity contribution in [2.75, 3.05) is 11.9 Å². The van der Waals surface area contributed by atoms with Crippen LogP contribution in [0.5, 0.6) is 0 Å². The Morgan fingerprint density at radius 3 is 2.42 bits per heavy atom. The van der Waals surface area contributed by atoms with Crippen molar-refractivity contribution in [2.45, 2.75) is 70.9 Å². The minimum Gasteiger partial charge on any atom is -0.444 e. The topological polar surface area (TPSA) is 118 Å². The zero-order chi connectivity index (χ0) is 23.6. The number of nitrogens with one attached hydrogen (secondary N) is 2. The van der Waals surface area contributed by atoms with E-state index < -0.39 is 23.5 Å². The number of likely N-dealkylation sites (tertiary alicyclic amines) is 1. The number of H-pyrrole nitrogens is 1. The molecule has 2 amide bonds. The Hall–Kier alpha value is -3.10. The van der Waals surface area contributed by atoms with Crippen molar-refractivity contribution in [3.05, 3.63) is 34.8 Å². The largest absolute Gasteiger partial charge is 0.444 e. The van der Waals surface area contributed by atoms with Crippen LogP contribution in [0.25, 0.3) is 11.4 Å². The summed E-state index contributed by atoms with van der Waals surface area (Å²) >= 11 is 0. The number of aromatic nitrogens is 2. The highest BCUT2D eigenvalue weighted by molar-refractivity contribution is 5.97. The number of hydrogen-bond acceptors (Lipinski definition) is 6.